The second kappa shape index (κ2) is 11.8. The van der Waals surface area contributed by atoms with E-state index in [1.165, 1.54) is 0 Å². The highest BCUT2D eigenvalue weighted by Gasteiger charge is 2.13. The van der Waals surface area contributed by atoms with Gasteiger partial charge < -0.3 is 23.7 Å². The summed E-state index contributed by atoms with van der Waals surface area (Å²) in [4.78, 5) is 10.7. The van der Waals surface area contributed by atoms with Gasteiger partial charge >= 0.3 is 5.97 Å². The molecule has 0 saturated carbocycles. The fraction of sp³-hybridized carbons (Fsp3) is 0.786. The Morgan fingerprint density at radius 2 is 1.80 bits per heavy atom. The van der Waals surface area contributed by atoms with Gasteiger partial charge in [-0.3, -0.25) is 0 Å². The molecule has 1 fully saturated rings. The second-order valence-corrected chi connectivity index (χ2v) is 4.26. The van der Waals surface area contributed by atoms with Crippen LogP contribution in [0, 0.1) is 0 Å². The molecule has 1 atom stereocenters. The van der Waals surface area contributed by atoms with Crippen molar-refractivity contribution in [2.75, 3.05) is 46.2 Å². The third-order valence-electron chi connectivity index (χ3n) is 2.68. The molecule has 1 heterocycles. The molecule has 0 aromatic rings. The van der Waals surface area contributed by atoms with Crippen molar-refractivity contribution in [3.05, 3.63) is 12.7 Å². The maximum atomic E-state index is 10.7. The van der Waals surface area contributed by atoms with Crippen LogP contribution in [0.25, 0.3) is 0 Å². The second-order valence-electron chi connectivity index (χ2n) is 4.26. The third-order valence-corrected chi connectivity index (χ3v) is 2.68. The number of hydrogen-bond donors (Lipinski definition) is 0. The Bertz CT molecular complexity index is 262. The van der Waals surface area contributed by atoms with E-state index in [0.29, 0.717) is 33.0 Å². The van der Waals surface area contributed by atoms with Crippen molar-refractivity contribution in [2.45, 2.75) is 25.6 Å². The summed E-state index contributed by atoms with van der Waals surface area (Å²) < 4.78 is 26.3. The summed E-state index contributed by atoms with van der Waals surface area (Å²) in [6.45, 7) is 6.67. The predicted octanol–water partition coefficient (Wildman–Crippen LogP) is 1.29. The molecular weight excluding hydrogens is 264 g/mol. The van der Waals surface area contributed by atoms with Gasteiger partial charge in [-0.2, -0.15) is 0 Å². The molecule has 0 spiro atoms. The van der Waals surface area contributed by atoms with Gasteiger partial charge in [0.25, 0.3) is 0 Å². The maximum absolute atomic E-state index is 10.7. The van der Waals surface area contributed by atoms with Crippen molar-refractivity contribution < 1.29 is 28.5 Å². The highest BCUT2D eigenvalue weighted by Crippen LogP contribution is 2.13. The lowest BCUT2D eigenvalue weighted by Gasteiger charge is -2.22. The standard InChI is InChI=1S/C14H24O6/c1-2-13(15)18-11-9-16-7-8-17-10-12-20-14-5-3-4-6-19-14/h2,14H,1,3-12H2. The zero-order chi connectivity index (χ0) is 14.5. The Balaban J connectivity index is 1.76. The molecule has 0 N–H and O–H groups in total. The zero-order valence-corrected chi connectivity index (χ0v) is 11.9. The Morgan fingerprint density at radius 3 is 2.45 bits per heavy atom. The van der Waals surface area contributed by atoms with E-state index < -0.39 is 5.97 Å². The Hall–Kier alpha value is -0.950. The van der Waals surface area contributed by atoms with Crippen LogP contribution in [0.15, 0.2) is 12.7 Å². The molecule has 0 aromatic carbocycles. The molecule has 0 bridgehead atoms. The van der Waals surface area contributed by atoms with Crippen molar-refractivity contribution in [1.82, 2.24) is 0 Å². The fourth-order valence-electron chi connectivity index (χ4n) is 1.66. The van der Waals surface area contributed by atoms with E-state index in [4.69, 9.17) is 23.7 Å². The van der Waals surface area contributed by atoms with Gasteiger partial charge in [0, 0.05) is 12.7 Å². The summed E-state index contributed by atoms with van der Waals surface area (Å²) in [5, 5.41) is 0. The average molecular weight is 288 g/mol. The first-order chi connectivity index (χ1) is 9.83. The van der Waals surface area contributed by atoms with E-state index in [9.17, 15) is 4.79 Å². The lowest BCUT2D eigenvalue weighted by molar-refractivity contribution is -0.169. The van der Waals surface area contributed by atoms with E-state index in [0.717, 1.165) is 31.9 Å². The summed E-state index contributed by atoms with van der Waals surface area (Å²) in [7, 11) is 0. The van der Waals surface area contributed by atoms with Crippen LogP contribution in [-0.4, -0.2) is 58.5 Å². The minimum atomic E-state index is -0.438. The summed E-state index contributed by atoms with van der Waals surface area (Å²) in [6.07, 6.45) is 4.31. The molecule has 0 aliphatic carbocycles. The molecule has 6 nitrogen and oxygen atoms in total. The Kier molecular flexibility index (Phi) is 10.1. The molecule has 116 valence electrons. The lowest BCUT2D eigenvalue weighted by Crippen LogP contribution is -2.24. The minimum Gasteiger partial charge on any atom is -0.460 e. The third kappa shape index (κ3) is 9.03. The average Bonchev–Trinajstić information content (AvgIpc) is 2.50. The molecule has 0 amide bonds. The van der Waals surface area contributed by atoms with Crippen molar-refractivity contribution >= 4 is 5.97 Å². The summed E-state index contributed by atoms with van der Waals surface area (Å²) >= 11 is 0. The van der Waals surface area contributed by atoms with Crippen LogP contribution in [0.4, 0.5) is 0 Å². The fourth-order valence-corrected chi connectivity index (χ4v) is 1.66. The molecule has 0 aromatic heterocycles. The molecule has 1 rings (SSSR count). The first-order valence-electron chi connectivity index (χ1n) is 7.01. The topological polar surface area (TPSA) is 63.2 Å². The molecular formula is C14H24O6. The first kappa shape index (κ1) is 17.1. The monoisotopic (exact) mass is 288 g/mol. The van der Waals surface area contributed by atoms with Crippen LogP contribution in [0.5, 0.6) is 0 Å². The molecule has 1 saturated heterocycles. The first-order valence-corrected chi connectivity index (χ1v) is 7.01. The van der Waals surface area contributed by atoms with Gasteiger partial charge in [-0.05, 0) is 19.3 Å². The van der Waals surface area contributed by atoms with Gasteiger partial charge in [0.15, 0.2) is 6.29 Å². The van der Waals surface area contributed by atoms with E-state index in [1.54, 1.807) is 0 Å². The Morgan fingerprint density at radius 1 is 1.10 bits per heavy atom. The van der Waals surface area contributed by atoms with Gasteiger partial charge in [-0.1, -0.05) is 6.58 Å². The molecule has 1 aliphatic rings. The van der Waals surface area contributed by atoms with Gasteiger partial charge in [0.05, 0.1) is 33.0 Å². The van der Waals surface area contributed by atoms with Gasteiger partial charge in [-0.25, -0.2) is 4.79 Å². The molecule has 6 heteroatoms. The summed E-state index contributed by atoms with van der Waals surface area (Å²) in [5.74, 6) is -0.438. The van der Waals surface area contributed by atoms with Crippen molar-refractivity contribution in [3.63, 3.8) is 0 Å². The number of ether oxygens (including phenoxy) is 5. The van der Waals surface area contributed by atoms with Crippen LogP contribution in [0.1, 0.15) is 19.3 Å². The normalized spacial score (nSPS) is 18.7. The van der Waals surface area contributed by atoms with E-state index in [2.05, 4.69) is 6.58 Å². The molecule has 0 radical (unpaired) electrons. The highest BCUT2D eigenvalue weighted by molar-refractivity contribution is 5.81. The maximum Gasteiger partial charge on any atom is 0.330 e. The van der Waals surface area contributed by atoms with Crippen molar-refractivity contribution in [1.29, 1.82) is 0 Å². The lowest BCUT2D eigenvalue weighted by atomic mass is 10.2. The van der Waals surface area contributed by atoms with E-state index in [-0.39, 0.29) is 12.9 Å². The zero-order valence-electron chi connectivity index (χ0n) is 11.9. The van der Waals surface area contributed by atoms with Gasteiger partial charge in [0.1, 0.15) is 6.61 Å². The van der Waals surface area contributed by atoms with Gasteiger partial charge in [0.2, 0.25) is 0 Å². The van der Waals surface area contributed by atoms with Crippen LogP contribution in [0.2, 0.25) is 0 Å². The predicted molar refractivity (Wildman–Crippen MR) is 72.3 cm³/mol. The minimum absolute atomic E-state index is 0.0665. The number of esters is 1. The van der Waals surface area contributed by atoms with E-state index in [1.807, 2.05) is 0 Å². The Labute approximate surface area is 120 Å². The van der Waals surface area contributed by atoms with Crippen molar-refractivity contribution in [2.24, 2.45) is 0 Å². The largest absolute Gasteiger partial charge is 0.460 e. The quantitative estimate of drug-likeness (QED) is 0.324. The summed E-state index contributed by atoms with van der Waals surface area (Å²) in [6, 6.07) is 0. The number of rotatable bonds is 11. The van der Waals surface area contributed by atoms with Crippen LogP contribution < -0.4 is 0 Å². The smallest absolute Gasteiger partial charge is 0.330 e. The number of carbonyl (C=O) groups is 1. The SMILES string of the molecule is C=CC(=O)OCCOCCOCCOC1CCCCO1. The van der Waals surface area contributed by atoms with Crippen molar-refractivity contribution in [3.8, 4) is 0 Å². The molecule has 1 aliphatic heterocycles. The van der Waals surface area contributed by atoms with Gasteiger partial charge in [-0.15, -0.1) is 0 Å². The number of carbonyl (C=O) groups excluding carboxylic acids is 1. The molecule has 20 heavy (non-hydrogen) atoms. The van der Waals surface area contributed by atoms with Crippen LogP contribution in [-0.2, 0) is 28.5 Å². The van der Waals surface area contributed by atoms with E-state index >= 15 is 0 Å². The summed E-state index contributed by atoms with van der Waals surface area (Å²) in [5.41, 5.74) is 0. The highest BCUT2D eigenvalue weighted by atomic mass is 16.7. The van der Waals surface area contributed by atoms with Crippen LogP contribution in [0.3, 0.4) is 0 Å². The van der Waals surface area contributed by atoms with Crippen LogP contribution >= 0.6 is 0 Å². The molecule has 1 unspecified atom stereocenters. The number of hydrogen-bond acceptors (Lipinski definition) is 6.